The van der Waals surface area contributed by atoms with E-state index in [-0.39, 0.29) is 28.4 Å². The van der Waals surface area contributed by atoms with E-state index >= 15 is 0 Å². The zero-order valence-electron chi connectivity index (χ0n) is 22.5. The number of aromatic nitrogens is 5. The lowest BCUT2D eigenvalue weighted by atomic mass is 10.0. The van der Waals surface area contributed by atoms with Crippen LogP contribution in [0.15, 0.2) is 65.7 Å². The summed E-state index contributed by atoms with van der Waals surface area (Å²) in [6, 6.07) is 10.0. The standard InChI is InChI=1S/C29H25F2N7O4/c1-15-6-7-17(34-28(42)23-12-32-16(2)11-33-23)10-20(15)25-19-8-9-24(41)38(26-21(30)4-3-5-22(26)31)27(19)37-29(36-25)35-18(13-39)14-40/h3-12,18,39-40H,13-14H2,1-2H3,(H,34,42)(H,35,36,37). The molecule has 3 aromatic heterocycles. The maximum absolute atomic E-state index is 14.9. The number of pyridine rings is 1. The fourth-order valence-electron chi connectivity index (χ4n) is 4.30. The van der Waals surface area contributed by atoms with Crippen LogP contribution in [0.1, 0.15) is 21.7 Å². The Morgan fingerprint density at radius 3 is 2.38 bits per heavy atom. The van der Waals surface area contributed by atoms with Crippen molar-refractivity contribution in [2.45, 2.75) is 19.9 Å². The number of fused-ring (bicyclic) bond motifs is 1. The number of nitrogens with zero attached hydrogens (tertiary/aromatic N) is 5. The first-order valence-electron chi connectivity index (χ1n) is 12.8. The molecule has 42 heavy (non-hydrogen) atoms. The lowest BCUT2D eigenvalue weighted by molar-refractivity contribution is 0.102. The van der Waals surface area contributed by atoms with Crippen LogP contribution >= 0.6 is 0 Å². The van der Waals surface area contributed by atoms with Gasteiger partial charge in [0, 0.05) is 28.9 Å². The number of aliphatic hydroxyl groups is 2. The zero-order valence-corrected chi connectivity index (χ0v) is 22.5. The number of carbonyl (C=O) groups is 1. The molecule has 0 atom stereocenters. The lowest BCUT2D eigenvalue weighted by Crippen LogP contribution is -2.29. The van der Waals surface area contributed by atoms with Gasteiger partial charge in [0.05, 0.1) is 36.8 Å². The summed E-state index contributed by atoms with van der Waals surface area (Å²) < 4.78 is 30.6. The molecule has 214 valence electrons. The van der Waals surface area contributed by atoms with E-state index in [1.807, 2.05) is 0 Å². The Labute approximate surface area is 237 Å². The van der Waals surface area contributed by atoms with Gasteiger partial charge in [-0.25, -0.2) is 18.7 Å². The molecule has 0 saturated heterocycles. The number of anilines is 2. The van der Waals surface area contributed by atoms with Crippen molar-refractivity contribution in [3.63, 3.8) is 0 Å². The molecule has 4 N–H and O–H groups in total. The second-order valence-corrected chi connectivity index (χ2v) is 9.44. The molecule has 1 amide bonds. The summed E-state index contributed by atoms with van der Waals surface area (Å²) in [7, 11) is 0. The average molecular weight is 574 g/mol. The quantitative estimate of drug-likeness (QED) is 0.219. The Balaban J connectivity index is 1.72. The van der Waals surface area contributed by atoms with Crippen molar-refractivity contribution in [1.29, 1.82) is 0 Å². The number of nitrogens with one attached hydrogen (secondary N) is 2. The van der Waals surface area contributed by atoms with Crippen LogP contribution in [-0.4, -0.2) is 59.9 Å². The minimum absolute atomic E-state index is 0.108. The van der Waals surface area contributed by atoms with Crippen LogP contribution in [-0.2, 0) is 0 Å². The highest BCUT2D eigenvalue weighted by Gasteiger charge is 2.21. The van der Waals surface area contributed by atoms with Crippen LogP contribution < -0.4 is 16.2 Å². The number of rotatable bonds is 8. The third-order valence-corrected chi connectivity index (χ3v) is 6.45. The van der Waals surface area contributed by atoms with Crippen LogP contribution in [0.2, 0.25) is 0 Å². The van der Waals surface area contributed by atoms with Gasteiger partial charge >= 0.3 is 0 Å². The molecule has 5 aromatic rings. The predicted molar refractivity (Wildman–Crippen MR) is 152 cm³/mol. The molecule has 0 bridgehead atoms. The Hall–Kier alpha value is -5.14. The monoisotopic (exact) mass is 573 g/mol. The Kier molecular flexibility index (Phi) is 7.95. The van der Waals surface area contributed by atoms with E-state index in [4.69, 9.17) is 0 Å². The highest BCUT2D eigenvalue weighted by molar-refractivity contribution is 6.03. The minimum atomic E-state index is -0.983. The zero-order chi connectivity index (χ0) is 30.0. The van der Waals surface area contributed by atoms with Gasteiger partial charge in [-0.2, -0.15) is 4.98 Å². The van der Waals surface area contributed by atoms with E-state index in [2.05, 4.69) is 30.6 Å². The van der Waals surface area contributed by atoms with Crippen LogP contribution in [0, 0.1) is 25.5 Å². The molecule has 11 nitrogen and oxygen atoms in total. The van der Waals surface area contributed by atoms with E-state index in [0.717, 1.165) is 22.8 Å². The van der Waals surface area contributed by atoms with Gasteiger partial charge < -0.3 is 20.8 Å². The summed E-state index contributed by atoms with van der Waals surface area (Å²) in [5.41, 5.74) is 1.12. The summed E-state index contributed by atoms with van der Waals surface area (Å²) in [6.45, 7) is 2.60. The van der Waals surface area contributed by atoms with Gasteiger partial charge in [-0.1, -0.05) is 12.1 Å². The molecular formula is C29H25F2N7O4. The van der Waals surface area contributed by atoms with E-state index in [9.17, 15) is 28.6 Å². The molecule has 0 aliphatic rings. The van der Waals surface area contributed by atoms with Crippen LogP contribution in [0.3, 0.4) is 0 Å². The number of para-hydroxylation sites is 1. The highest BCUT2D eigenvalue weighted by atomic mass is 19.1. The number of benzene rings is 2. The molecule has 13 heteroatoms. The number of hydrogen-bond acceptors (Lipinski definition) is 9. The number of aliphatic hydroxyl groups excluding tert-OH is 2. The number of carbonyl (C=O) groups excluding carboxylic acids is 1. The highest BCUT2D eigenvalue weighted by Crippen LogP contribution is 2.33. The van der Waals surface area contributed by atoms with Gasteiger partial charge in [0.1, 0.15) is 23.0 Å². The SMILES string of the molecule is Cc1cnc(C(=O)Nc2ccc(C)c(-c3nc(NC(CO)CO)nc4c3ccc(=O)n4-c3c(F)cccc3F)c2)cn1. The molecule has 5 rings (SSSR count). The normalized spacial score (nSPS) is 11.2. The summed E-state index contributed by atoms with van der Waals surface area (Å²) in [6.07, 6.45) is 2.83. The van der Waals surface area contributed by atoms with Crippen LogP contribution in [0.25, 0.3) is 28.0 Å². The fraction of sp³-hybridized carbons (Fsp3) is 0.172. The number of halogens is 2. The van der Waals surface area contributed by atoms with Gasteiger partial charge in [-0.15, -0.1) is 0 Å². The molecule has 0 radical (unpaired) electrons. The molecule has 0 spiro atoms. The second-order valence-electron chi connectivity index (χ2n) is 9.44. The first-order chi connectivity index (χ1) is 20.2. The molecule has 2 aromatic carbocycles. The Morgan fingerprint density at radius 2 is 1.71 bits per heavy atom. The van der Waals surface area contributed by atoms with Crippen molar-refractivity contribution < 1.29 is 23.8 Å². The third-order valence-electron chi connectivity index (χ3n) is 6.45. The topological polar surface area (TPSA) is 155 Å². The van der Waals surface area contributed by atoms with Crippen LogP contribution in [0.4, 0.5) is 20.4 Å². The smallest absolute Gasteiger partial charge is 0.275 e. The van der Waals surface area contributed by atoms with Crippen molar-refractivity contribution in [2.75, 3.05) is 23.8 Å². The number of aryl methyl sites for hydroxylation is 2. The van der Waals surface area contributed by atoms with Crippen molar-refractivity contribution in [3.8, 4) is 16.9 Å². The van der Waals surface area contributed by atoms with Crippen molar-refractivity contribution in [3.05, 3.63) is 99.9 Å². The Bertz CT molecular complexity index is 1840. The van der Waals surface area contributed by atoms with Crippen molar-refractivity contribution in [2.24, 2.45) is 0 Å². The van der Waals surface area contributed by atoms with E-state index < -0.39 is 48.0 Å². The van der Waals surface area contributed by atoms with Crippen molar-refractivity contribution in [1.82, 2.24) is 24.5 Å². The fourth-order valence-corrected chi connectivity index (χ4v) is 4.30. The first-order valence-corrected chi connectivity index (χ1v) is 12.8. The van der Waals surface area contributed by atoms with Gasteiger partial charge in [-0.05, 0) is 49.7 Å². The van der Waals surface area contributed by atoms with E-state index in [1.54, 1.807) is 32.0 Å². The largest absolute Gasteiger partial charge is 0.394 e. The molecule has 0 aliphatic carbocycles. The van der Waals surface area contributed by atoms with Crippen LogP contribution in [0.5, 0.6) is 0 Å². The summed E-state index contributed by atoms with van der Waals surface area (Å²) in [4.78, 5) is 43.0. The van der Waals surface area contributed by atoms with Crippen molar-refractivity contribution >= 4 is 28.6 Å². The lowest BCUT2D eigenvalue weighted by Gasteiger charge is -2.18. The maximum Gasteiger partial charge on any atom is 0.275 e. The van der Waals surface area contributed by atoms with Gasteiger partial charge in [-0.3, -0.25) is 19.1 Å². The first kappa shape index (κ1) is 28.4. The maximum atomic E-state index is 14.9. The third kappa shape index (κ3) is 5.55. The molecular weight excluding hydrogens is 548 g/mol. The van der Waals surface area contributed by atoms with Gasteiger partial charge in [0.2, 0.25) is 5.95 Å². The van der Waals surface area contributed by atoms with Gasteiger partial charge in [0.15, 0.2) is 5.65 Å². The minimum Gasteiger partial charge on any atom is -0.394 e. The molecule has 0 unspecified atom stereocenters. The summed E-state index contributed by atoms with van der Waals surface area (Å²) >= 11 is 0. The van der Waals surface area contributed by atoms with E-state index in [1.165, 1.54) is 24.5 Å². The van der Waals surface area contributed by atoms with Gasteiger partial charge in [0.25, 0.3) is 11.5 Å². The van der Waals surface area contributed by atoms with E-state index in [0.29, 0.717) is 22.5 Å². The second kappa shape index (κ2) is 11.8. The molecule has 3 heterocycles. The summed E-state index contributed by atoms with van der Waals surface area (Å²) in [5.74, 6) is -2.58. The number of amides is 1. The Morgan fingerprint density at radius 1 is 0.976 bits per heavy atom. The molecule has 0 saturated carbocycles. The molecule has 0 aliphatic heterocycles. The average Bonchev–Trinajstić information content (AvgIpc) is 2.97. The summed E-state index contributed by atoms with van der Waals surface area (Å²) in [5, 5.41) is 25.1. The molecule has 0 fully saturated rings. The number of hydrogen-bond donors (Lipinski definition) is 4. The predicted octanol–water partition coefficient (Wildman–Crippen LogP) is 3.15.